The van der Waals surface area contributed by atoms with E-state index in [1.807, 2.05) is 6.92 Å². The number of carboxylic acids is 1. The van der Waals surface area contributed by atoms with Crippen LogP contribution in [0.15, 0.2) is 11.3 Å². The number of ether oxygens (including phenoxy) is 1. The summed E-state index contributed by atoms with van der Waals surface area (Å²) in [5.74, 6) is -1.08. The van der Waals surface area contributed by atoms with Gasteiger partial charge in [-0.15, -0.1) is 0 Å². The summed E-state index contributed by atoms with van der Waals surface area (Å²) in [6.07, 6.45) is 1.90. The Kier molecular flexibility index (Phi) is 5.34. The zero-order chi connectivity index (χ0) is 13.7. The molecule has 18 heavy (non-hydrogen) atoms. The topological polar surface area (TPSA) is 66.8 Å². The molecule has 1 unspecified atom stereocenters. The van der Waals surface area contributed by atoms with Gasteiger partial charge in [0.1, 0.15) is 0 Å². The van der Waals surface area contributed by atoms with Crippen molar-refractivity contribution >= 4 is 11.9 Å². The van der Waals surface area contributed by atoms with Crippen LogP contribution in [0.4, 0.5) is 0 Å². The molecule has 0 saturated heterocycles. The number of aliphatic carboxylic acids is 1. The first kappa shape index (κ1) is 14.7. The SMILES string of the molecule is CCCC1CC(=O)N(CCOC)C(C)=C1C(=O)O. The molecule has 0 spiro atoms. The summed E-state index contributed by atoms with van der Waals surface area (Å²) < 4.78 is 4.95. The summed E-state index contributed by atoms with van der Waals surface area (Å²) in [4.78, 5) is 24.9. The van der Waals surface area contributed by atoms with Crippen LogP contribution >= 0.6 is 0 Å². The molecule has 1 atom stereocenters. The largest absolute Gasteiger partial charge is 0.478 e. The summed E-state index contributed by atoms with van der Waals surface area (Å²) in [6.45, 7) is 4.53. The van der Waals surface area contributed by atoms with Crippen LogP contribution in [0, 0.1) is 5.92 Å². The molecule has 0 aromatic heterocycles. The van der Waals surface area contributed by atoms with Gasteiger partial charge in [-0.25, -0.2) is 4.79 Å². The molecule has 1 aliphatic rings. The van der Waals surface area contributed by atoms with Crippen molar-refractivity contribution in [3.05, 3.63) is 11.3 Å². The third-order valence-corrected chi connectivity index (χ3v) is 3.31. The smallest absolute Gasteiger partial charge is 0.333 e. The van der Waals surface area contributed by atoms with Gasteiger partial charge in [0, 0.05) is 31.7 Å². The first-order valence-corrected chi connectivity index (χ1v) is 6.26. The first-order chi connectivity index (χ1) is 8.52. The zero-order valence-corrected chi connectivity index (χ0v) is 11.2. The number of carboxylic acid groups (broad SMARTS) is 1. The average molecular weight is 255 g/mol. The fourth-order valence-corrected chi connectivity index (χ4v) is 2.45. The van der Waals surface area contributed by atoms with E-state index in [9.17, 15) is 14.7 Å². The van der Waals surface area contributed by atoms with E-state index in [1.54, 1.807) is 14.0 Å². The van der Waals surface area contributed by atoms with Crippen molar-refractivity contribution in [3.8, 4) is 0 Å². The molecular formula is C13H21NO4. The number of methoxy groups -OCH3 is 1. The number of hydrogen-bond acceptors (Lipinski definition) is 3. The molecular weight excluding hydrogens is 234 g/mol. The van der Waals surface area contributed by atoms with Crippen LogP contribution in [-0.2, 0) is 14.3 Å². The van der Waals surface area contributed by atoms with Gasteiger partial charge in [-0.2, -0.15) is 0 Å². The number of nitrogens with zero attached hydrogens (tertiary/aromatic N) is 1. The Morgan fingerprint density at radius 3 is 2.72 bits per heavy atom. The number of hydrogen-bond donors (Lipinski definition) is 1. The van der Waals surface area contributed by atoms with E-state index in [4.69, 9.17) is 4.74 Å². The molecule has 0 aliphatic carbocycles. The molecule has 1 N–H and O–H groups in total. The first-order valence-electron chi connectivity index (χ1n) is 6.26. The number of carbonyl (C=O) groups excluding carboxylic acids is 1. The van der Waals surface area contributed by atoms with E-state index in [0.717, 1.165) is 12.8 Å². The third kappa shape index (κ3) is 3.10. The van der Waals surface area contributed by atoms with Crippen molar-refractivity contribution in [2.75, 3.05) is 20.3 Å². The Labute approximate surface area is 107 Å². The lowest BCUT2D eigenvalue weighted by molar-refractivity contribution is -0.136. The lowest BCUT2D eigenvalue weighted by atomic mass is 9.86. The Morgan fingerprint density at radius 2 is 2.22 bits per heavy atom. The summed E-state index contributed by atoms with van der Waals surface area (Å²) in [5.41, 5.74) is 0.946. The van der Waals surface area contributed by atoms with Crippen molar-refractivity contribution in [1.29, 1.82) is 0 Å². The van der Waals surface area contributed by atoms with Crippen LogP contribution in [0.25, 0.3) is 0 Å². The van der Waals surface area contributed by atoms with Gasteiger partial charge < -0.3 is 14.7 Å². The van der Waals surface area contributed by atoms with Gasteiger partial charge in [-0.1, -0.05) is 13.3 Å². The van der Waals surface area contributed by atoms with E-state index in [2.05, 4.69) is 0 Å². The van der Waals surface area contributed by atoms with Crippen molar-refractivity contribution in [1.82, 2.24) is 4.90 Å². The summed E-state index contributed by atoms with van der Waals surface area (Å²) in [5, 5.41) is 9.31. The van der Waals surface area contributed by atoms with Crippen LogP contribution in [0.1, 0.15) is 33.1 Å². The van der Waals surface area contributed by atoms with Crippen molar-refractivity contribution in [2.24, 2.45) is 5.92 Å². The minimum Gasteiger partial charge on any atom is -0.478 e. The third-order valence-electron chi connectivity index (χ3n) is 3.31. The molecule has 5 heteroatoms. The zero-order valence-electron chi connectivity index (χ0n) is 11.2. The second kappa shape index (κ2) is 6.54. The van der Waals surface area contributed by atoms with Crippen LogP contribution in [0.3, 0.4) is 0 Å². The highest BCUT2D eigenvalue weighted by atomic mass is 16.5. The highest BCUT2D eigenvalue weighted by Gasteiger charge is 2.34. The van der Waals surface area contributed by atoms with Gasteiger partial charge >= 0.3 is 5.97 Å². The predicted octanol–water partition coefficient (Wildman–Crippen LogP) is 1.64. The molecule has 1 amide bonds. The highest BCUT2D eigenvalue weighted by Crippen LogP contribution is 2.31. The second-order valence-electron chi connectivity index (χ2n) is 4.53. The fraction of sp³-hybridized carbons (Fsp3) is 0.692. The van der Waals surface area contributed by atoms with Crippen LogP contribution < -0.4 is 0 Å². The van der Waals surface area contributed by atoms with E-state index in [-0.39, 0.29) is 18.2 Å². The maximum atomic E-state index is 12.0. The molecule has 0 saturated carbocycles. The predicted molar refractivity (Wildman–Crippen MR) is 66.9 cm³/mol. The summed E-state index contributed by atoms with van der Waals surface area (Å²) in [7, 11) is 1.56. The minimum absolute atomic E-state index is 0.00648. The molecule has 0 bridgehead atoms. The molecule has 1 aliphatic heterocycles. The maximum absolute atomic E-state index is 12.0. The van der Waals surface area contributed by atoms with Gasteiger partial charge in [0.05, 0.1) is 12.2 Å². The Hall–Kier alpha value is -1.36. The van der Waals surface area contributed by atoms with Gasteiger partial charge in [0.15, 0.2) is 0 Å². The van der Waals surface area contributed by atoms with Gasteiger partial charge in [-0.3, -0.25) is 4.79 Å². The maximum Gasteiger partial charge on any atom is 0.333 e. The van der Waals surface area contributed by atoms with E-state index in [0.29, 0.717) is 24.4 Å². The fourth-order valence-electron chi connectivity index (χ4n) is 2.45. The lowest BCUT2D eigenvalue weighted by Gasteiger charge is -2.33. The van der Waals surface area contributed by atoms with Crippen LogP contribution in [-0.4, -0.2) is 42.1 Å². The molecule has 0 aromatic rings. The van der Waals surface area contributed by atoms with Crippen molar-refractivity contribution < 1.29 is 19.4 Å². The minimum atomic E-state index is -0.916. The molecule has 1 heterocycles. The van der Waals surface area contributed by atoms with Crippen LogP contribution in [0.5, 0.6) is 0 Å². The molecule has 102 valence electrons. The molecule has 5 nitrogen and oxygen atoms in total. The number of amides is 1. The average Bonchev–Trinajstić information content (AvgIpc) is 2.28. The van der Waals surface area contributed by atoms with Crippen molar-refractivity contribution in [3.63, 3.8) is 0 Å². The lowest BCUT2D eigenvalue weighted by Crippen LogP contribution is -2.40. The van der Waals surface area contributed by atoms with E-state index in [1.165, 1.54) is 4.90 Å². The summed E-state index contributed by atoms with van der Waals surface area (Å²) in [6, 6.07) is 0. The van der Waals surface area contributed by atoms with Gasteiger partial charge in [0.2, 0.25) is 5.91 Å². The standard InChI is InChI=1S/C13H21NO4/c1-4-5-10-8-11(15)14(6-7-18-3)9(2)12(10)13(16)17/h10H,4-8H2,1-3H3,(H,16,17). The monoisotopic (exact) mass is 255 g/mol. The molecule has 0 radical (unpaired) electrons. The van der Waals surface area contributed by atoms with Gasteiger partial charge in [0.25, 0.3) is 0 Å². The van der Waals surface area contributed by atoms with Gasteiger partial charge in [-0.05, 0) is 13.3 Å². The quantitative estimate of drug-likeness (QED) is 0.783. The Morgan fingerprint density at radius 1 is 1.56 bits per heavy atom. The van der Waals surface area contributed by atoms with Crippen molar-refractivity contribution in [2.45, 2.75) is 33.1 Å². The molecule has 0 fully saturated rings. The molecule has 1 rings (SSSR count). The highest BCUT2D eigenvalue weighted by molar-refractivity contribution is 5.93. The summed E-state index contributed by atoms with van der Waals surface area (Å²) >= 11 is 0. The number of carbonyl (C=O) groups is 2. The van der Waals surface area contributed by atoms with Crippen LogP contribution in [0.2, 0.25) is 0 Å². The Bertz CT molecular complexity index is 362. The second-order valence-corrected chi connectivity index (χ2v) is 4.53. The van der Waals surface area contributed by atoms with E-state index < -0.39 is 5.97 Å². The van der Waals surface area contributed by atoms with E-state index >= 15 is 0 Å². The Balaban J connectivity index is 3.02. The molecule has 0 aromatic carbocycles. The number of rotatable bonds is 6. The number of allylic oxidation sites excluding steroid dienone is 1. The normalized spacial score (nSPS) is 20.5.